The highest BCUT2D eigenvalue weighted by Gasteiger charge is 2.14. The van der Waals surface area contributed by atoms with Crippen LogP contribution in [-0.4, -0.2) is 27.5 Å². The summed E-state index contributed by atoms with van der Waals surface area (Å²) in [6, 6.07) is 0. The molecule has 2 unspecified atom stereocenters. The molecule has 9 heteroatoms. The van der Waals surface area contributed by atoms with Crippen LogP contribution in [0.1, 0.15) is 0 Å². The van der Waals surface area contributed by atoms with Gasteiger partial charge in [0.25, 0.3) is 0 Å². The average molecular weight is 205 g/mol. The van der Waals surface area contributed by atoms with E-state index in [9.17, 15) is 4.57 Å². The van der Waals surface area contributed by atoms with Gasteiger partial charge in [-0.25, -0.2) is 0 Å². The summed E-state index contributed by atoms with van der Waals surface area (Å²) < 4.78 is 18.4. The fourth-order valence-electron chi connectivity index (χ4n) is 0.330. The Bertz CT molecular complexity index is 130. The maximum Gasteiger partial charge on any atom is 0.329 e. The summed E-state index contributed by atoms with van der Waals surface area (Å²) in [5, 5.41) is 0. The third-order valence-corrected chi connectivity index (χ3v) is 1.52. The predicted octanol–water partition coefficient (Wildman–Crippen LogP) is -1.10. The van der Waals surface area contributed by atoms with Crippen LogP contribution in [0.5, 0.6) is 0 Å². The first-order chi connectivity index (χ1) is 5.06. The Morgan fingerprint density at radius 2 is 2.18 bits per heavy atom. The summed E-state index contributed by atoms with van der Waals surface area (Å²) in [6.45, 7) is -0.225. The molecule has 7 nitrogen and oxygen atoms in total. The number of hydrogen-bond acceptors (Lipinski definition) is 6. The van der Waals surface area contributed by atoms with Gasteiger partial charge in [0, 0.05) is 6.54 Å². The molecule has 0 spiro atoms. The van der Waals surface area contributed by atoms with E-state index in [0.29, 0.717) is 0 Å². The molecule has 0 aliphatic heterocycles. The number of rotatable bonds is 5. The van der Waals surface area contributed by atoms with Crippen molar-refractivity contribution in [1.82, 2.24) is 0 Å². The van der Waals surface area contributed by atoms with E-state index in [1.54, 1.807) is 0 Å². The lowest BCUT2D eigenvalue weighted by Crippen LogP contribution is -2.22. The van der Waals surface area contributed by atoms with Crippen LogP contribution in [0.25, 0.3) is 0 Å². The molecule has 0 radical (unpaired) electrons. The van der Waals surface area contributed by atoms with Gasteiger partial charge in [0.1, 0.15) is 0 Å². The van der Waals surface area contributed by atoms with Gasteiger partial charge in [0.2, 0.25) is 0 Å². The molecule has 0 aliphatic rings. The summed E-state index contributed by atoms with van der Waals surface area (Å²) in [5.74, 6) is 0. The minimum absolute atomic E-state index is 0.225. The average Bonchev–Trinajstić information content (AvgIpc) is 1.84. The molecule has 0 saturated carbocycles. The van der Waals surface area contributed by atoms with Gasteiger partial charge < -0.3 is 20.4 Å². The highest BCUT2D eigenvalue weighted by Crippen LogP contribution is 2.30. The smallest absolute Gasteiger partial charge is 0.328 e. The first-order valence-electron chi connectivity index (χ1n) is 2.50. The molecule has 0 bridgehead atoms. The molecular formula is C2H9NO6P2. The van der Waals surface area contributed by atoms with Gasteiger partial charge in [-0.15, -0.1) is 0 Å². The van der Waals surface area contributed by atoms with Gasteiger partial charge in [-0.2, -0.15) is 0 Å². The molecule has 0 heterocycles. The summed E-state index contributed by atoms with van der Waals surface area (Å²) >= 11 is 0. The van der Waals surface area contributed by atoms with E-state index >= 15 is 0 Å². The Balaban J connectivity index is 3.66. The van der Waals surface area contributed by atoms with Crippen LogP contribution in [0.3, 0.4) is 0 Å². The molecule has 68 valence electrons. The SMILES string of the molecule is NCC(OP(O)O)O[PH](=O)O. The Morgan fingerprint density at radius 1 is 1.64 bits per heavy atom. The fraction of sp³-hybridized carbons (Fsp3) is 1.00. The van der Waals surface area contributed by atoms with E-state index < -0.39 is 23.1 Å². The van der Waals surface area contributed by atoms with Gasteiger partial charge in [0.05, 0.1) is 0 Å². The van der Waals surface area contributed by atoms with Crippen molar-refractivity contribution in [1.29, 1.82) is 0 Å². The largest absolute Gasteiger partial charge is 0.329 e. The van der Waals surface area contributed by atoms with Gasteiger partial charge in [0.15, 0.2) is 6.29 Å². The zero-order valence-electron chi connectivity index (χ0n) is 5.38. The molecule has 11 heavy (non-hydrogen) atoms. The molecule has 0 aromatic heterocycles. The van der Waals surface area contributed by atoms with Crippen molar-refractivity contribution in [2.24, 2.45) is 5.73 Å². The van der Waals surface area contributed by atoms with Crippen LogP contribution in [-0.2, 0) is 13.6 Å². The van der Waals surface area contributed by atoms with Crippen molar-refractivity contribution in [2.75, 3.05) is 6.54 Å². The summed E-state index contributed by atoms with van der Waals surface area (Å²) in [5.41, 5.74) is 4.97. The zero-order chi connectivity index (χ0) is 8.85. The van der Waals surface area contributed by atoms with Crippen molar-refractivity contribution in [3.8, 4) is 0 Å². The molecule has 0 saturated heterocycles. The molecular weight excluding hydrogens is 196 g/mol. The van der Waals surface area contributed by atoms with E-state index in [1.807, 2.05) is 0 Å². The minimum Gasteiger partial charge on any atom is -0.328 e. The van der Waals surface area contributed by atoms with Gasteiger partial charge in [-0.05, 0) is 0 Å². The second kappa shape index (κ2) is 5.99. The highest BCUT2D eigenvalue weighted by molar-refractivity contribution is 7.39. The van der Waals surface area contributed by atoms with Crippen LogP contribution in [0, 0.1) is 0 Å². The lowest BCUT2D eigenvalue weighted by molar-refractivity contribution is 0.00358. The molecule has 0 aromatic carbocycles. The quantitative estimate of drug-likeness (QED) is 0.331. The molecule has 0 fully saturated rings. The van der Waals surface area contributed by atoms with E-state index in [-0.39, 0.29) is 6.54 Å². The minimum atomic E-state index is -3.16. The van der Waals surface area contributed by atoms with Crippen LogP contribution >= 0.6 is 16.9 Å². The third-order valence-electron chi connectivity index (χ3n) is 0.637. The monoisotopic (exact) mass is 205 g/mol. The molecule has 0 aliphatic carbocycles. The summed E-state index contributed by atoms with van der Waals surface area (Å²) in [4.78, 5) is 24.7. The molecule has 0 aromatic rings. The van der Waals surface area contributed by atoms with Crippen molar-refractivity contribution >= 4 is 16.9 Å². The zero-order valence-corrected chi connectivity index (χ0v) is 7.27. The lowest BCUT2D eigenvalue weighted by atomic mass is 10.7. The second-order valence-corrected chi connectivity index (χ2v) is 2.89. The molecule has 0 rings (SSSR count). The normalized spacial score (nSPS) is 16.8. The van der Waals surface area contributed by atoms with Gasteiger partial charge >= 0.3 is 16.9 Å². The van der Waals surface area contributed by atoms with Crippen molar-refractivity contribution in [3.63, 3.8) is 0 Å². The van der Waals surface area contributed by atoms with Crippen molar-refractivity contribution in [2.45, 2.75) is 6.29 Å². The third kappa shape index (κ3) is 6.80. The number of nitrogens with two attached hydrogens (primary N) is 1. The Kier molecular flexibility index (Phi) is 6.22. The van der Waals surface area contributed by atoms with E-state index in [2.05, 4.69) is 9.05 Å². The maximum absolute atomic E-state index is 10.0. The fourth-order valence-corrected chi connectivity index (χ4v) is 1.12. The molecule has 2 atom stereocenters. The standard InChI is InChI=1S/C2H9NO6P2/c3-1-2(8-10(4)5)9-11(6)7/h2,4-5,11H,1,3H2,(H,6,7). The Hall–Kier alpha value is 0.420. The topological polar surface area (TPSA) is 122 Å². The number of hydrogen-bond donors (Lipinski definition) is 4. The summed E-state index contributed by atoms with van der Waals surface area (Å²) in [6.07, 6.45) is -1.24. The van der Waals surface area contributed by atoms with Gasteiger partial charge in [-0.3, -0.25) is 13.6 Å². The lowest BCUT2D eigenvalue weighted by Gasteiger charge is -2.13. The van der Waals surface area contributed by atoms with Gasteiger partial charge in [-0.1, -0.05) is 0 Å². The first kappa shape index (κ1) is 11.4. The van der Waals surface area contributed by atoms with Crippen LogP contribution in [0.4, 0.5) is 0 Å². The van der Waals surface area contributed by atoms with Crippen molar-refractivity contribution < 1.29 is 28.3 Å². The van der Waals surface area contributed by atoms with Crippen LogP contribution < -0.4 is 5.73 Å². The second-order valence-electron chi connectivity index (χ2n) is 1.41. The van der Waals surface area contributed by atoms with E-state index in [1.165, 1.54) is 0 Å². The summed E-state index contributed by atoms with van der Waals surface area (Å²) in [7, 11) is -5.77. The Morgan fingerprint density at radius 3 is 2.45 bits per heavy atom. The Labute approximate surface area is 64.7 Å². The van der Waals surface area contributed by atoms with E-state index in [4.69, 9.17) is 20.4 Å². The van der Waals surface area contributed by atoms with Crippen molar-refractivity contribution in [3.05, 3.63) is 0 Å². The molecule has 5 N–H and O–H groups in total. The first-order valence-corrected chi connectivity index (χ1v) is 4.93. The maximum atomic E-state index is 10.0. The molecule has 0 amide bonds. The highest BCUT2D eigenvalue weighted by atomic mass is 31.2. The predicted molar refractivity (Wildman–Crippen MR) is 37.6 cm³/mol. The van der Waals surface area contributed by atoms with Crippen LogP contribution in [0.2, 0.25) is 0 Å². The van der Waals surface area contributed by atoms with Crippen LogP contribution in [0.15, 0.2) is 0 Å². The van der Waals surface area contributed by atoms with E-state index in [0.717, 1.165) is 0 Å².